The van der Waals surface area contributed by atoms with Crippen LogP contribution in [0, 0.1) is 17.2 Å². The molecule has 0 amide bonds. The van der Waals surface area contributed by atoms with Crippen molar-refractivity contribution in [2.24, 2.45) is 11.7 Å². The van der Waals surface area contributed by atoms with E-state index in [4.69, 9.17) is 11.0 Å². The van der Waals surface area contributed by atoms with E-state index in [0.29, 0.717) is 5.92 Å². The van der Waals surface area contributed by atoms with Gasteiger partial charge in [-0.3, -0.25) is 0 Å². The Bertz CT molecular complexity index is 142. The third-order valence-corrected chi connectivity index (χ3v) is 1.16. The summed E-state index contributed by atoms with van der Waals surface area (Å²) in [7, 11) is 0. The number of rotatable bonds is 3. The zero-order valence-corrected chi connectivity index (χ0v) is 6.54. The van der Waals surface area contributed by atoms with E-state index >= 15 is 0 Å². The Morgan fingerprint density at radius 1 is 1.60 bits per heavy atom. The van der Waals surface area contributed by atoms with Gasteiger partial charge >= 0.3 is 0 Å². The van der Waals surface area contributed by atoms with Crippen LogP contribution in [0.5, 0.6) is 0 Å². The molecule has 0 aromatic rings. The average molecular weight is 138 g/mol. The molecule has 0 radical (unpaired) electrons. The summed E-state index contributed by atoms with van der Waals surface area (Å²) in [6.07, 6.45) is 4.12. The van der Waals surface area contributed by atoms with Crippen molar-refractivity contribution in [3.63, 3.8) is 0 Å². The van der Waals surface area contributed by atoms with Gasteiger partial charge in [-0.1, -0.05) is 19.9 Å². The van der Waals surface area contributed by atoms with E-state index in [1.165, 1.54) is 6.08 Å². The number of nitrogens with zero attached hydrogens (tertiary/aromatic N) is 1. The molecule has 10 heavy (non-hydrogen) atoms. The molecule has 2 nitrogen and oxygen atoms in total. The van der Waals surface area contributed by atoms with Gasteiger partial charge in [-0.05, 0) is 12.3 Å². The van der Waals surface area contributed by atoms with Gasteiger partial charge in [0, 0.05) is 12.1 Å². The molecule has 1 atom stereocenters. The monoisotopic (exact) mass is 138 g/mol. The molecule has 2 heteroatoms. The summed E-state index contributed by atoms with van der Waals surface area (Å²) in [5.74, 6) is 0.596. The number of hydrogen-bond acceptors (Lipinski definition) is 2. The molecule has 0 heterocycles. The lowest BCUT2D eigenvalue weighted by molar-refractivity contribution is 0.546. The molecule has 56 valence electrons. The summed E-state index contributed by atoms with van der Waals surface area (Å²) in [4.78, 5) is 0. The minimum Gasteiger partial charge on any atom is -0.324 e. The molecule has 0 aliphatic rings. The highest BCUT2D eigenvalue weighted by molar-refractivity contribution is 5.05. The summed E-state index contributed by atoms with van der Waals surface area (Å²) in [5, 5.41) is 8.16. The van der Waals surface area contributed by atoms with Crippen LogP contribution in [0.15, 0.2) is 12.2 Å². The van der Waals surface area contributed by atoms with Gasteiger partial charge < -0.3 is 5.73 Å². The van der Waals surface area contributed by atoms with Gasteiger partial charge in [0.05, 0.1) is 6.07 Å². The molecule has 0 aliphatic heterocycles. The summed E-state index contributed by atoms with van der Waals surface area (Å²) in [6, 6.07) is 1.95. The maximum absolute atomic E-state index is 8.16. The molecule has 0 aromatic carbocycles. The van der Waals surface area contributed by atoms with Crippen LogP contribution in [0.3, 0.4) is 0 Å². The molecule has 0 fully saturated rings. The molecule has 0 saturated heterocycles. The SMILES string of the molecule is CC(C)C[C@H](N)/C=C/C#N. The smallest absolute Gasteiger partial charge is 0.0909 e. The first-order valence-corrected chi connectivity index (χ1v) is 3.48. The highest BCUT2D eigenvalue weighted by Crippen LogP contribution is 2.02. The van der Waals surface area contributed by atoms with Crippen molar-refractivity contribution in [2.45, 2.75) is 26.3 Å². The normalized spacial score (nSPS) is 13.9. The Morgan fingerprint density at radius 2 is 2.20 bits per heavy atom. The van der Waals surface area contributed by atoms with Crippen molar-refractivity contribution in [2.75, 3.05) is 0 Å². The topological polar surface area (TPSA) is 49.8 Å². The third-order valence-electron chi connectivity index (χ3n) is 1.16. The van der Waals surface area contributed by atoms with Crippen LogP contribution in [-0.4, -0.2) is 6.04 Å². The fourth-order valence-corrected chi connectivity index (χ4v) is 0.790. The lowest BCUT2D eigenvalue weighted by Crippen LogP contribution is -2.18. The number of nitrogens with two attached hydrogens (primary N) is 1. The van der Waals surface area contributed by atoms with Crippen LogP contribution in [0.4, 0.5) is 0 Å². The van der Waals surface area contributed by atoms with Crippen LogP contribution >= 0.6 is 0 Å². The molecular formula is C8H14N2. The van der Waals surface area contributed by atoms with Gasteiger partial charge in [-0.15, -0.1) is 0 Å². The van der Waals surface area contributed by atoms with Crippen molar-refractivity contribution in [1.82, 2.24) is 0 Å². The predicted molar refractivity (Wildman–Crippen MR) is 42.2 cm³/mol. The van der Waals surface area contributed by atoms with E-state index in [-0.39, 0.29) is 6.04 Å². The lowest BCUT2D eigenvalue weighted by atomic mass is 10.0. The maximum atomic E-state index is 8.16. The second kappa shape index (κ2) is 5.01. The Hall–Kier alpha value is -0.810. The third kappa shape index (κ3) is 5.33. The zero-order chi connectivity index (χ0) is 7.98. The first-order chi connectivity index (χ1) is 4.66. The standard InChI is InChI=1S/C8H14N2/c1-7(2)6-8(10)4-3-5-9/h3-4,7-8H,6,10H2,1-2H3/b4-3+/t8-/m1/s1. The fraction of sp³-hybridized carbons (Fsp3) is 0.625. The molecule has 0 aliphatic carbocycles. The van der Waals surface area contributed by atoms with E-state index < -0.39 is 0 Å². The molecule has 0 bridgehead atoms. The van der Waals surface area contributed by atoms with E-state index in [9.17, 15) is 0 Å². The Morgan fingerprint density at radius 3 is 2.60 bits per heavy atom. The Labute approximate surface area is 62.3 Å². The largest absolute Gasteiger partial charge is 0.324 e. The number of allylic oxidation sites excluding steroid dienone is 1. The summed E-state index contributed by atoms with van der Waals surface area (Å²) < 4.78 is 0. The quantitative estimate of drug-likeness (QED) is 0.600. The first kappa shape index (κ1) is 9.19. The van der Waals surface area contributed by atoms with Crippen molar-refractivity contribution >= 4 is 0 Å². The molecule has 0 rings (SSSR count). The van der Waals surface area contributed by atoms with E-state index in [0.717, 1.165) is 6.42 Å². The molecular weight excluding hydrogens is 124 g/mol. The summed E-state index contributed by atoms with van der Waals surface area (Å²) in [6.45, 7) is 4.22. The van der Waals surface area contributed by atoms with Crippen LogP contribution in [0.25, 0.3) is 0 Å². The first-order valence-electron chi connectivity index (χ1n) is 3.48. The second-order valence-corrected chi connectivity index (χ2v) is 2.78. The van der Waals surface area contributed by atoms with Crippen molar-refractivity contribution in [3.05, 3.63) is 12.2 Å². The second-order valence-electron chi connectivity index (χ2n) is 2.78. The van der Waals surface area contributed by atoms with Crippen LogP contribution in [0.2, 0.25) is 0 Å². The molecule has 0 unspecified atom stereocenters. The summed E-state index contributed by atoms with van der Waals surface area (Å²) >= 11 is 0. The number of hydrogen-bond donors (Lipinski definition) is 1. The lowest BCUT2D eigenvalue weighted by Gasteiger charge is -2.07. The van der Waals surface area contributed by atoms with Gasteiger partial charge in [0.15, 0.2) is 0 Å². The fourth-order valence-electron chi connectivity index (χ4n) is 0.790. The Kier molecular flexibility index (Phi) is 4.61. The van der Waals surface area contributed by atoms with Gasteiger partial charge in [0.1, 0.15) is 0 Å². The minimum atomic E-state index is 0.0413. The van der Waals surface area contributed by atoms with Crippen LogP contribution < -0.4 is 5.73 Å². The van der Waals surface area contributed by atoms with Crippen LogP contribution in [-0.2, 0) is 0 Å². The van der Waals surface area contributed by atoms with Gasteiger partial charge in [-0.2, -0.15) is 5.26 Å². The molecule has 2 N–H and O–H groups in total. The minimum absolute atomic E-state index is 0.0413. The highest BCUT2D eigenvalue weighted by atomic mass is 14.6. The van der Waals surface area contributed by atoms with Crippen molar-refractivity contribution in [1.29, 1.82) is 5.26 Å². The Balaban J connectivity index is 3.55. The summed E-state index contributed by atoms with van der Waals surface area (Å²) in [5.41, 5.74) is 5.62. The highest BCUT2D eigenvalue weighted by Gasteiger charge is 1.99. The number of nitriles is 1. The van der Waals surface area contributed by atoms with Crippen LogP contribution in [0.1, 0.15) is 20.3 Å². The van der Waals surface area contributed by atoms with E-state index in [1.807, 2.05) is 6.07 Å². The van der Waals surface area contributed by atoms with Crippen molar-refractivity contribution < 1.29 is 0 Å². The van der Waals surface area contributed by atoms with Crippen molar-refractivity contribution in [3.8, 4) is 6.07 Å². The zero-order valence-electron chi connectivity index (χ0n) is 6.54. The molecule has 0 aromatic heterocycles. The molecule has 0 spiro atoms. The predicted octanol–water partition coefficient (Wildman–Crippen LogP) is 1.44. The average Bonchev–Trinajstić information content (AvgIpc) is 1.82. The molecule has 0 saturated carbocycles. The van der Waals surface area contributed by atoms with Gasteiger partial charge in [-0.25, -0.2) is 0 Å². The van der Waals surface area contributed by atoms with Gasteiger partial charge in [0.25, 0.3) is 0 Å². The van der Waals surface area contributed by atoms with E-state index in [2.05, 4.69) is 13.8 Å². The van der Waals surface area contributed by atoms with E-state index in [1.54, 1.807) is 6.08 Å². The van der Waals surface area contributed by atoms with Gasteiger partial charge in [0.2, 0.25) is 0 Å². The maximum Gasteiger partial charge on any atom is 0.0909 e.